The van der Waals surface area contributed by atoms with Gasteiger partial charge in [-0.15, -0.1) is 0 Å². The molecule has 0 aliphatic carbocycles. The number of hydrogen-bond donors (Lipinski definition) is 2. The highest BCUT2D eigenvalue weighted by Crippen LogP contribution is 2.21. The summed E-state index contributed by atoms with van der Waals surface area (Å²) in [5.41, 5.74) is 6.08. The van der Waals surface area contributed by atoms with E-state index in [1.165, 1.54) is 6.20 Å². The molecular formula is C10H8ClN3O. The van der Waals surface area contributed by atoms with Crippen LogP contribution in [-0.4, -0.2) is 10.8 Å². The Kier molecular flexibility index (Phi) is 2.43. The summed E-state index contributed by atoms with van der Waals surface area (Å²) in [5.74, 6) is 0.507. The number of hydrogen-bond acceptors (Lipinski definition) is 3. The smallest absolute Gasteiger partial charge is 0.262 e. The molecule has 3 N–H and O–H groups in total. The molecule has 76 valence electrons. The standard InChI is InChI=1S/C10H8ClN3O/c11-7-3-1-6(2-4-7)8-5-14-10(15-8)9(12)13/h1-5H,(H3,12,13). The second-order valence-corrected chi connectivity index (χ2v) is 3.39. The molecule has 0 bridgehead atoms. The maximum Gasteiger partial charge on any atom is 0.262 e. The van der Waals surface area contributed by atoms with Gasteiger partial charge in [0.15, 0.2) is 11.6 Å². The van der Waals surface area contributed by atoms with Crippen molar-refractivity contribution >= 4 is 17.4 Å². The minimum atomic E-state index is -0.185. The highest BCUT2D eigenvalue weighted by molar-refractivity contribution is 6.30. The van der Waals surface area contributed by atoms with Gasteiger partial charge < -0.3 is 10.2 Å². The first-order valence-electron chi connectivity index (χ1n) is 4.23. The molecular weight excluding hydrogens is 214 g/mol. The van der Waals surface area contributed by atoms with Gasteiger partial charge in [0, 0.05) is 10.6 Å². The number of rotatable bonds is 2. The largest absolute Gasteiger partial charge is 0.434 e. The molecule has 0 spiro atoms. The van der Waals surface area contributed by atoms with Gasteiger partial charge in [-0.25, -0.2) is 4.98 Å². The number of nitrogens with zero attached hydrogens (tertiary/aromatic N) is 1. The molecule has 0 amide bonds. The molecule has 15 heavy (non-hydrogen) atoms. The Balaban J connectivity index is 2.37. The Labute approximate surface area is 91.2 Å². The van der Waals surface area contributed by atoms with Gasteiger partial charge in [0.25, 0.3) is 5.89 Å². The Morgan fingerprint density at radius 2 is 2.00 bits per heavy atom. The van der Waals surface area contributed by atoms with Crippen molar-refractivity contribution in [1.29, 1.82) is 5.41 Å². The van der Waals surface area contributed by atoms with Crippen LogP contribution in [0.5, 0.6) is 0 Å². The number of nitrogen functional groups attached to an aromatic ring is 1. The van der Waals surface area contributed by atoms with Crippen LogP contribution in [0.4, 0.5) is 0 Å². The van der Waals surface area contributed by atoms with E-state index in [1.807, 2.05) is 12.1 Å². The van der Waals surface area contributed by atoms with Gasteiger partial charge >= 0.3 is 0 Å². The second-order valence-electron chi connectivity index (χ2n) is 2.95. The topological polar surface area (TPSA) is 75.9 Å². The number of oxazole rings is 1. The number of aromatic nitrogens is 1. The van der Waals surface area contributed by atoms with Crippen molar-refractivity contribution in [1.82, 2.24) is 4.98 Å². The zero-order chi connectivity index (χ0) is 10.8. The van der Waals surface area contributed by atoms with E-state index in [2.05, 4.69) is 4.98 Å². The van der Waals surface area contributed by atoms with Gasteiger partial charge in [-0.1, -0.05) is 11.6 Å². The lowest BCUT2D eigenvalue weighted by molar-refractivity contribution is 0.559. The first-order chi connectivity index (χ1) is 7.16. The van der Waals surface area contributed by atoms with Crippen molar-refractivity contribution in [2.45, 2.75) is 0 Å². The fourth-order valence-corrected chi connectivity index (χ4v) is 1.27. The van der Waals surface area contributed by atoms with E-state index in [0.717, 1.165) is 5.56 Å². The quantitative estimate of drug-likeness (QED) is 0.603. The molecule has 0 aliphatic rings. The highest BCUT2D eigenvalue weighted by atomic mass is 35.5. The van der Waals surface area contributed by atoms with Crippen molar-refractivity contribution < 1.29 is 4.42 Å². The van der Waals surface area contributed by atoms with Crippen molar-refractivity contribution in [3.63, 3.8) is 0 Å². The third-order valence-electron chi connectivity index (χ3n) is 1.86. The van der Waals surface area contributed by atoms with Crippen LogP contribution in [0.25, 0.3) is 11.3 Å². The molecule has 0 fully saturated rings. The Morgan fingerprint density at radius 3 is 2.53 bits per heavy atom. The molecule has 4 nitrogen and oxygen atoms in total. The van der Waals surface area contributed by atoms with Gasteiger partial charge in [-0.05, 0) is 24.3 Å². The SMILES string of the molecule is N=C(N)c1ncc(-c2ccc(Cl)cc2)o1. The van der Waals surface area contributed by atoms with Crippen LogP contribution in [0, 0.1) is 5.41 Å². The second kappa shape index (κ2) is 3.74. The van der Waals surface area contributed by atoms with Crippen LogP contribution < -0.4 is 5.73 Å². The molecule has 0 aliphatic heterocycles. The maximum atomic E-state index is 7.15. The molecule has 2 aromatic rings. The Bertz CT molecular complexity index is 490. The monoisotopic (exact) mass is 221 g/mol. The number of benzene rings is 1. The van der Waals surface area contributed by atoms with Gasteiger partial charge in [0.1, 0.15) is 0 Å². The summed E-state index contributed by atoms with van der Waals surface area (Å²) < 4.78 is 5.27. The molecule has 1 heterocycles. The molecule has 2 rings (SSSR count). The third-order valence-corrected chi connectivity index (χ3v) is 2.12. The van der Waals surface area contributed by atoms with Crippen LogP contribution in [-0.2, 0) is 0 Å². The summed E-state index contributed by atoms with van der Waals surface area (Å²) in [6.07, 6.45) is 1.53. The molecule has 0 saturated heterocycles. The molecule has 0 radical (unpaired) electrons. The lowest BCUT2D eigenvalue weighted by atomic mass is 10.2. The van der Waals surface area contributed by atoms with E-state index in [9.17, 15) is 0 Å². The van der Waals surface area contributed by atoms with E-state index in [4.69, 9.17) is 27.2 Å². The number of nitrogens with one attached hydrogen (secondary N) is 1. The predicted molar refractivity (Wildman–Crippen MR) is 58.0 cm³/mol. The summed E-state index contributed by atoms with van der Waals surface area (Å²) in [6, 6.07) is 7.14. The van der Waals surface area contributed by atoms with E-state index < -0.39 is 0 Å². The lowest BCUT2D eigenvalue weighted by Gasteiger charge is -1.95. The zero-order valence-electron chi connectivity index (χ0n) is 7.70. The van der Waals surface area contributed by atoms with Crippen LogP contribution in [0.15, 0.2) is 34.9 Å². The normalized spacial score (nSPS) is 10.2. The van der Waals surface area contributed by atoms with Crippen molar-refractivity contribution in [2.75, 3.05) is 0 Å². The number of amidine groups is 1. The molecule has 5 heteroatoms. The van der Waals surface area contributed by atoms with Crippen molar-refractivity contribution in [3.05, 3.63) is 41.4 Å². The molecule has 0 atom stereocenters. The molecule has 1 aromatic heterocycles. The predicted octanol–water partition coefficient (Wildman–Crippen LogP) is 2.28. The van der Waals surface area contributed by atoms with Gasteiger partial charge in [0.05, 0.1) is 6.20 Å². The first-order valence-corrected chi connectivity index (χ1v) is 4.61. The highest BCUT2D eigenvalue weighted by Gasteiger charge is 2.07. The van der Waals surface area contributed by atoms with E-state index in [0.29, 0.717) is 10.8 Å². The summed E-state index contributed by atoms with van der Waals surface area (Å²) >= 11 is 5.75. The summed E-state index contributed by atoms with van der Waals surface area (Å²) in [6.45, 7) is 0. The van der Waals surface area contributed by atoms with Crippen LogP contribution in [0.1, 0.15) is 5.89 Å². The van der Waals surface area contributed by atoms with E-state index in [-0.39, 0.29) is 11.7 Å². The van der Waals surface area contributed by atoms with E-state index >= 15 is 0 Å². The van der Waals surface area contributed by atoms with E-state index in [1.54, 1.807) is 12.1 Å². The zero-order valence-corrected chi connectivity index (χ0v) is 8.45. The summed E-state index contributed by atoms with van der Waals surface area (Å²) in [5, 5.41) is 7.80. The van der Waals surface area contributed by atoms with Crippen LogP contribution in [0.2, 0.25) is 5.02 Å². The molecule has 0 saturated carbocycles. The average Bonchev–Trinajstić information content (AvgIpc) is 2.68. The van der Waals surface area contributed by atoms with Crippen LogP contribution >= 0.6 is 11.6 Å². The first kappa shape index (κ1) is 9.73. The summed E-state index contributed by atoms with van der Waals surface area (Å²) in [7, 11) is 0. The minimum absolute atomic E-state index is 0.125. The minimum Gasteiger partial charge on any atom is -0.434 e. The summed E-state index contributed by atoms with van der Waals surface area (Å²) in [4.78, 5) is 3.87. The van der Waals surface area contributed by atoms with Crippen LogP contribution in [0.3, 0.4) is 0 Å². The fourth-order valence-electron chi connectivity index (χ4n) is 1.15. The average molecular weight is 222 g/mol. The Morgan fingerprint density at radius 1 is 1.33 bits per heavy atom. The van der Waals surface area contributed by atoms with Gasteiger partial charge in [-0.2, -0.15) is 0 Å². The van der Waals surface area contributed by atoms with Crippen molar-refractivity contribution in [2.24, 2.45) is 5.73 Å². The van der Waals surface area contributed by atoms with Gasteiger partial charge in [0.2, 0.25) is 0 Å². The fraction of sp³-hybridized carbons (Fsp3) is 0. The van der Waals surface area contributed by atoms with Crippen molar-refractivity contribution in [3.8, 4) is 11.3 Å². The third kappa shape index (κ3) is 1.99. The maximum absolute atomic E-state index is 7.15. The number of nitrogens with two attached hydrogens (primary N) is 1. The number of halogens is 1. The molecule has 1 aromatic carbocycles. The Hall–Kier alpha value is -1.81. The molecule has 0 unspecified atom stereocenters. The lowest BCUT2D eigenvalue weighted by Crippen LogP contribution is -2.10. The van der Waals surface area contributed by atoms with Gasteiger partial charge in [-0.3, -0.25) is 5.41 Å².